The zero-order valence-electron chi connectivity index (χ0n) is 9.86. The molecule has 1 heterocycles. The maximum absolute atomic E-state index is 11.6. The van der Waals surface area contributed by atoms with Gasteiger partial charge in [0.25, 0.3) is 0 Å². The van der Waals surface area contributed by atoms with Crippen LogP contribution in [0.3, 0.4) is 0 Å². The zero-order valence-corrected chi connectivity index (χ0v) is 10.6. The summed E-state index contributed by atoms with van der Waals surface area (Å²) in [6, 6.07) is 11.2. The molecule has 3 nitrogen and oxygen atoms in total. The third-order valence-corrected chi connectivity index (χ3v) is 2.98. The number of benzene rings is 1. The van der Waals surface area contributed by atoms with Crippen molar-refractivity contribution in [3.8, 4) is 0 Å². The largest absolute Gasteiger partial charge is 0.469 e. The van der Waals surface area contributed by atoms with Gasteiger partial charge in [-0.2, -0.15) is 0 Å². The van der Waals surface area contributed by atoms with Crippen LogP contribution in [-0.4, -0.2) is 5.91 Å². The highest BCUT2D eigenvalue weighted by Gasteiger charge is 2.05. The van der Waals surface area contributed by atoms with Crippen molar-refractivity contribution >= 4 is 17.5 Å². The molecule has 0 saturated carbocycles. The first-order valence-corrected chi connectivity index (χ1v) is 6.16. The number of hydrogen-bond acceptors (Lipinski definition) is 2. The van der Waals surface area contributed by atoms with Gasteiger partial charge in [-0.05, 0) is 23.8 Å². The van der Waals surface area contributed by atoms with Gasteiger partial charge < -0.3 is 9.73 Å². The maximum atomic E-state index is 11.6. The van der Waals surface area contributed by atoms with Crippen molar-refractivity contribution in [3.05, 3.63) is 59.0 Å². The minimum atomic E-state index is -0.00804. The van der Waals surface area contributed by atoms with Gasteiger partial charge in [0.1, 0.15) is 5.76 Å². The summed E-state index contributed by atoms with van der Waals surface area (Å²) in [7, 11) is 0. The average Bonchev–Trinajstić information content (AvgIpc) is 2.88. The van der Waals surface area contributed by atoms with Crippen LogP contribution in [-0.2, 0) is 17.8 Å². The summed E-state index contributed by atoms with van der Waals surface area (Å²) in [5.74, 6) is 0.814. The van der Waals surface area contributed by atoms with Crippen LogP contribution in [0, 0.1) is 0 Å². The lowest BCUT2D eigenvalue weighted by atomic mass is 10.2. The Morgan fingerprint density at radius 3 is 2.78 bits per heavy atom. The van der Waals surface area contributed by atoms with E-state index >= 15 is 0 Å². The molecule has 0 radical (unpaired) electrons. The molecule has 2 rings (SSSR count). The molecule has 1 N–H and O–H groups in total. The van der Waals surface area contributed by atoms with Crippen LogP contribution in [0.5, 0.6) is 0 Å². The highest BCUT2D eigenvalue weighted by atomic mass is 35.5. The van der Waals surface area contributed by atoms with Crippen LogP contribution in [0.2, 0.25) is 5.02 Å². The monoisotopic (exact) mass is 263 g/mol. The van der Waals surface area contributed by atoms with E-state index in [1.807, 2.05) is 36.4 Å². The molecule has 94 valence electrons. The summed E-state index contributed by atoms with van der Waals surface area (Å²) in [6.07, 6.45) is 2.64. The fraction of sp³-hybridized carbons (Fsp3) is 0.214. The van der Waals surface area contributed by atoms with Gasteiger partial charge in [0.2, 0.25) is 5.91 Å². The highest BCUT2D eigenvalue weighted by Crippen LogP contribution is 2.14. The third kappa shape index (κ3) is 3.64. The van der Waals surface area contributed by atoms with Crippen molar-refractivity contribution in [3.63, 3.8) is 0 Å². The molecule has 0 aliphatic rings. The SMILES string of the molecule is O=C(CCc1ccco1)NCc1ccccc1Cl. The molecule has 0 fully saturated rings. The smallest absolute Gasteiger partial charge is 0.220 e. The van der Waals surface area contributed by atoms with Crippen molar-refractivity contribution in [2.24, 2.45) is 0 Å². The Kier molecular flexibility index (Phi) is 4.42. The predicted octanol–water partition coefficient (Wildman–Crippen LogP) is 3.18. The van der Waals surface area contributed by atoms with Crippen LogP contribution in [0.15, 0.2) is 47.1 Å². The molecule has 1 aromatic heterocycles. The van der Waals surface area contributed by atoms with Gasteiger partial charge >= 0.3 is 0 Å². The number of furan rings is 1. The molecule has 4 heteroatoms. The first-order chi connectivity index (χ1) is 8.75. The van der Waals surface area contributed by atoms with E-state index in [0.29, 0.717) is 24.4 Å². The highest BCUT2D eigenvalue weighted by molar-refractivity contribution is 6.31. The van der Waals surface area contributed by atoms with Crippen molar-refractivity contribution in [1.82, 2.24) is 5.32 Å². The molecule has 0 bridgehead atoms. The van der Waals surface area contributed by atoms with E-state index in [1.165, 1.54) is 0 Å². The molecule has 0 spiro atoms. The van der Waals surface area contributed by atoms with Gasteiger partial charge in [-0.15, -0.1) is 0 Å². The van der Waals surface area contributed by atoms with Crippen LogP contribution in [0.25, 0.3) is 0 Å². The Balaban J connectivity index is 1.77. The van der Waals surface area contributed by atoms with Crippen LogP contribution < -0.4 is 5.32 Å². The molecule has 2 aromatic rings. The van der Waals surface area contributed by atoms with Crippen LogP contribution in [0.4, 0.5) is 0 Å². The number of halogens is 1. The summed E-state index contributed by atoms with van der Waals surface area (Å²) in [5.41, 5.74) is 0.922. The molecule has 0 saturated heterocycles. The quantitative estimate of drug-likeness (QED) is 0.900. The molecule has 0 aliphatic heterocycles. The summed E-state index contributed by atoms with van der Waals surface area (Å²) < 4.78 is 5.16. The van der Waals surface area contributed by atoms with Crippen molar-refractivity contribution < 1.29 is 9.21 Å². The second-order valence-corrected chi connectivity index (χ2v) is 4.35. The lowest BCUT2D eigenvalue weighted by molar-refractivity contribution is -0.121. The number of amides is 1. The summed E-state index contributed by atoms with van der Waals surface area (Å²) in [5, 5.41) is 3.51. The number of aryl methyl sites for hydroxylation is 1. The van der Waals surface area contributed by atoms with E-state index in [0.717, 1.165) is 11.3 Å². The van der Waals surface area contributed by atoms with E-state index in [-0.39, 0.29) is 5.91 Å². The van der Waals surface area contributed by atoms with Crippen LogP contribution >= 0.6 is 11.6 Å². The summed E-state index contributed by atoms with van der Waals surface area (Å²) in [6.45, 7) is 0.455. The fourth-order valence-corrected chi connectivity index (χ4v) is 1.82. The van der Waals surface area contributed by atoms with Gasteiger partial charge in [0, 0.05) is 24.4 Å². The van der Waals surface area contributed by atoms with E-state index in [1.54, 1.807) is 6.26 Å². The Morgan fingerprint density at radius 1 is 1.22 bits per heavy atom. The number of nitrogens with one attached hydrogen (secondary N) is 1. The molecule has 1 amide bonds. The first-order valence-electron chi connectivity index (χ1n) is 5.78. The molecular formula is C14H14ClNO2. The molecule has 0 atom stereocenters. The van der Waals surface area contributed by atoms with E-state index < -0.39 is 0 Å². The Hall–Kier alpha value is -1.74. The Morgan fingerprint density at radius 2 is 2.06 bits per heavy atom. The molecule has 18 heavy (non-hydrogen) atoms. The number of carbonyl (C=O) groups is 1. The number of carbonyl (C=O) groups excluding carboxylic acids is 1. The third-order valence-electron chi connectivity index (χ3n) is 2.61. The standard InChI is InChI=1S/C14H14ClNO2/c15-13-6-2-1-4-11(13)10-16-14(17)8-7-12-5-3-9-18-12/h1-6,9H,7-8,10H2,(H,16,17). The minimum Gasteiger partial charge on any atom is -0.469 e. The van der Waals surface area contributed by atoms with Crippen molar-refractivity contribution in [2.45, 2.75) is 19.4 Å². The van der Waals surface area contributed by atoms with E-state index in [9.17, 15) is 4.79 Å². The van der Waals surface area contributed by atoms with Crippen LogP contribution in [0.1, 0.15) is 17.7 Å². The first kappa shape index (κ1) is 12.7. The van der Waals surface area contributed by atoms with E-state index in [4.69, 9.17) is 16.0 Å². The van der Waals surface area contributed by atoms with Gasteiger partial charge in [-0.25, -0.2) is 0 Å². The predicted molar refractivity (Wildman–Crippen MR) is 70.3 cm³/mol. The van der Waals surface area contributed by atoms with Crippen molar-refractivity contribution in [2.75, 3.05) is 0 Å². The van der Waals surface area contributed by atoms with Gasteiger partial charge in [0.05, 0.1) is 6.26 Å². The minimum absolute atomic E-state index is 0.00804. The maximum Gasteiger partial charge on any atom is 0.220 e. The van der Waals surface area contributed by atoms with Gasteiger partial charge in [-0.1, -0.05) is 29.8 Å². The fourth-order valence-electron chi connectivity index (χ4n) is 1.62. The second kappa shape index (κ2) is 6.26. The Bertz CT molecular complexity index is 508. The summed E-state index contributed by atoms with van der Waals surface area (Å²) >= 11 is 6.00. The normalized spacial score (nSPS) is 10.3. The van der Waals surface area contributed by atoms with Crippen molar-refractivity contribution in [1.29, 1.82) is 0 Å². The van der Waals surface area contributed by atoms with E-state index in [2.05, 4.69) is 5.32 Å². The molecule has 0 aliphatic carbocycles. The number of hydrogen-bond donors (Lipinski definition) is 1. The molecular weight excluding hydrogens is 250 g/mol. The average molecular weight is 264 g/mol. The Labute approximate surface area is 111 Å². The zero-order chi connectivity index (χ0) is 12.8. The van der Waals surface area contributed by atoms with Gasteiger partial charge in [0.15, 0.2) is 0 Å². The molecule has 0 unspecified atom stereocenters. The van der Waals surface area contributed by atoms with Gasteiger partial charge in [-0.3, -0.25) is 4.79 Å². The lowest BCUT2D eigenvalue weighted by Gasteiger charge is -2.06. The second-order valence-electron chi connectivity index (χ2n) is 3.95. The lowest BCUT2D eigenvalue weighted by Crippen LogP contribution is -2.23. The summed E-state index contributed by atoms with van der Waals surface area (Å²) in [4.78, 5) is 11.6. The topological polar surface area (TPSA) is 42.2 Å². The number of rotatable bonds is 5. The molecule has 1 aromatic carbocycles.